The summed E-state index contributed by atoms with van der Waals surface area (Å²) in [5.74, 6) is 0. The second kappa shape index (κ2) is 6.65. The summed E-state index contributed by atoms with van der Waals surface area (Å²) in [7, 11) is 0. The number of pyridine rings is 1. The first-order valence-electron chi connectivity index (χ1n) is 6.17. The van der Waals surface area contributed by atoms with Crippen LogP contribution in [0.3, 0.4) is 0 Å². The van der Waals surface area contributed by atoms with Crippen molar-refractivity contribution in [1.82, 2.24) is 10.3 Å². The van der Waals surface area contributed by atoms with Crippen LogP contribution < -0.4 is 10.6 Å². The molecule has 1 aromatic carbocycles. The van der Waals surface area contributed by atoms with Crippen molar-refractivity contribution in [3.05, 3.63) is 58.9 Å². The number of nitrogens with one attached hydrogen (secondary N) is 2. The molecule has 0 saturated heterocycles. The highest BCUT2D eigenvalue weighted by atomic mass is 35.5. The zero-order valence-corrected chi connectivity index (χ0v) is 11.9. The van der Waals surface area contributed by atoms with Crippen LogP contribution in [0.5, 0.6) is 0 Å². The lowest BCUT2D eigenvalue weighted by molar-refractivity contribution is -0.136. The van der Waals surface area contributed by atoms with Gasteiger partial charge in [0.15, 0.2) is 0 Å². The molecule has 1 aromatic heterocycles. The molecule has 22 heavy (non-hydrogen) atoms. The van der Waals surface area contributed by atoms with Gasteiger partial charge in [-0.15, -0.1) is 0 Å². The van der Waals surface area contributed by atoms with Crippen molar-refractivity contribution in [3.8, 4) is 0 Å². The number of anilines is 1. The maximum absolute atomic E-state index is 12.9. The molecular formula is C14H11ClF3N3O. The van der Waals surface area contributed by atoms with Crippen LogP contribution >= 0.6 is 11.6 Å². The van der Waals surface area contributed by atoms with Crippen molar-refractivity contribution in [2.75, 3.05) is 5.32 Å². The lowest BCUT2D eigenvalue weighted by Gasteiger charge is -2.14. The number of aromatic nitrogens is 1. The fourth-order valence-corrected chi connectivity index (χ4v) is 1.88. The predicted molar refractivity (Wildman–Crippen MR) is 76.5 cm³/mol. The van der Waals surface area contributed by atoms with Gasteiger partial charge in [0.05, 0.1) is 11.3 Å². The summed E-state index contributed by atoms with van der Waals surface area (Å²) in [4.78, 5) is 15.6. The average molecular weight is 330 g/mol. The van der Waals surface area contributed by atoms with Crippen LogP contribution in [0.15, 0.2) is 42.7 Å². The quantitative estimate of drug-likeness (QED) is 0.891. The second-order valence-electron chi connectivity index (χ2n) is 4.36. The molecule has 116 valence electrons. The summed E-state index contributed by atoms with van der Waals surface area (Å²) in [6.07, 6.45) is -1.49. The van der Waals surface area contributed by atoms with Crippen molar-refractivity contribution in [2.45, 2.75) is 12.7 Å². The third-order valence-electron chi connectivity index (χ3n) is 2.71. The third-order valence-corrected chi connectivity index (χ3v) is 2.95. The van der Waals surface area contributed by atoms with E-state index in [1.165, 1.54) is 6.07 Å². The highest BCUT2D eigenvalue weighted by Gasteiger charge is 2.34. The Bertz CT molecular complexity index is 662. The lowest BCUT2D eigenvalue weighted by atomic mass is 10.1. The highest BCUT2D eigenvalue weighted by molar-refractivity contribution is 6.30. The molecule has 0 saturated carbocycles. The number of amides is 2. The summed E-state index contributed by atoms with van der Waals surface area (Å²) in [6.45, 7) is 0.147. The number of carbonyl (C=O) groups excluding carboxylic acids is 1. The number of hydrogen-bond acceptors (Lipinski definition) is 2. The molecule has 0 fully saturated rings. The zero-order valence-electron chi connectivity index (χ0n) is 11.1. The molecule has 0 atom stereocenters. The standard InChI is InChI=1S/C14H11ClF3N3O/c15-10-3-4-12(11(6-10)14(16,17)18)21-13(22)20-8-9-2-1-5-19-7-9/h1-7H,8H2,(H2,20,21,22). The van der Waals surface area contributed by atoms with Crippen LogP contribution in [0.1, 0.15) is 11.1 Å². The largest absolute Gasteiger partial charge is 0.418 e. The van der Waals surface area contributed by atoms with Gasteiger partial charge in [0.1, 0.15) is 0 Å². The molecule has 0 aliphatic carbocycles. The maximum Gasteiger partial charge on any atom is 0.418 e. The molecular weight excluding hydrogens is 319 g/mol. The van der Waals surface area contributed by atoms with Crippen molar-refractivity contribution < 1.29 is 18.0 Å². The van der Waals surface area contributed by atoms with E-state index in [-0.39, 0.29) is 17.3 Å². The number of urea groups is 1. The first-order valence-corrected chi connectivity index (χ1v) is 6.54. The first kappa shape index (κ1) is 16.1. The van der Waals surface area contributed by atoms with Gasteiger partial charge in [0.2, 0.25) is 0 Å². The Morgan fingerprint density at radius 2 is 2.05 bits per heavy atom. The fraction of sp³-hybridized carbons (Fsp3) is 0.143. The van der Waals surface area contributed by atoms with Crippen molar-refractivity contribution in [2.24, 2.45) is 0 Å². The second-order valence-corrected chi connectivity index (χ2v) is 4.79. The van der Waals surface area contributed by atoms with E-state index in [2.05, 4.69) is 15.6 Å². The molecule has 0 spiro atoms. The summed E-state index contributed by atoms with van der Waals surface area (Å²) in [5.41, 5.74) is -0.637. The fourth-order valence-electron chi connectivity index (χ4n) is 1.71. The molecule has 0 aliphatic heterocycles. The molecule has 1 heterocycles. The molecule has 0 bridgehead atoms. The van der Waals surface area contributed by atoms with Crippen molar-refractivity contribution in [1.29, 1.82) is 0 Å². The van der Waals surface area contributed by atoms with Gasteiger partial charge in [-0.25, -0.2) is 4.79 Å². The van der Waals surface area contributed by atoms with E-state index in [1.807, 2.05) is 0 Å². The molecule has 2 rings (SSSR count). The van der Waals surface area contributed by atoms with E-state index >= 15 is 0 Å². The number of halogens is 4. The molecule has 8 heteroatoms. The van der Waals surface area contributed by atoms with Gasteiger partial charge < -0.3 is 10.6 Å². The molecule has 0 unspecified atom stereocenters. The van der Waals surface area contributed by atoms with Crippen LogP contribution in [0, 0.1) is 0 Å². The number of carbonyl (C=O) groups is 1. The Morgan fingerprint density at radius 3 is 2.68 bits per heavy atom. The molecule has 0 radical (unpaired) electrons. The van der Waals surface area contributed by atoms with Crippen LogP contribution in [0.4, 0.5) is 23.7 Å². The SMILES string of the molecule is O=C(NCc1cccnc1)Nc1ccc(Cl)cc1C(F)(F)F. The highest BCUT2D eigenvalue weighted by Crippen LogP contribution is 2.36. The predicted octanol–water partition coefficient (Wildman–Crippen LogP) is 4.08. The normalized spacial score (nSPS) is 11.1. The van der Waals surface area contributed by atoms with Gasteiger partial charge in [-0.2, -0.15) is 13.2 Å². The third kappa shape index (κ3) is 4.36. The number of benzene rings is 1. The summed E-state index contributed by atoms with van der Waals surface area (Å²) >= 11 is 5.57. The zero-order chi connectivity index (χ0) is 16.2. The van der Waals surface area contributed by atoms with Gasteiger partial charge >= 0.3 is 12.2 Å². The summed E-state index contributed by atoms with van der Waals surface area (Å²) < 4.78 is 38.7. The van der Waals surface area contributed by atoms with Crippen LogP contribution in [0.2, 0.25) is 5.02 Å². The molecule has 0 aliphatic rings. The Labute approximate surface area is 129 Å². The van der Waals surface area contributed by atoms with Crippen molar-refractivity contribution >= 4 is 23.3 Å². The summed E-state index contributed by atoms with van der Waals surface area (Å²) in [6, 6.07) is 5.81. The van der Waals surface area contributed by atoms with E-state index in [4.69, 9.17) is 11.6 Å². The first-order chi connectivity index (χ1) is 10.4. The van der Waals surface area contributed by atoms with Gasteiger partial charge in [-0.1, -0.05) is 17.7 Å². The van der Waals surface area contributed by atoms with E-state index in [1.54, 1.807) is 24.5 Å². The Balaban J connectivity index is 2.06. The van der Waals surface area contributed by atoms with Crippen LogP contribution in [-0.2, 0) is 12.7 Å². The minimum Gasteiger partial charge on any atom is -0.334 e. The smallest absolute Gasteiger partial charge is 0.334 e. The Hall–Kier alpha value is -2.28. The maximum atomic E-state index is 12.9. The topological polar surface area (TPSA) is 54.0 Å². The van der Waals surface area contributed by atoms with Crippen LogP contribution in [0.25, 0.3) is 0 Å². The Kier molecular flexibility index (Phi) is 4.87. The van der Waals surface area contributed by atoms with Gasteiger partial charge in [0.25, 0.3) is 0 Å². The minimum atomic E-state index is -4.61. The van der Waals surface area contributed by atoms with E-state index in [0.717, 1.165) is 17.7 Å². The van der Waals surface area contributed by atoms with Gasteiger partial charge in [0, 0.05) is 24.0 Å². The molecule has 2 N–H and O–H groups in total. The van der Waals surface area contributed by atoms with E-state index in [0.29, 0.717) is 0 Å². The lowest BCUT2D eigenvalue weighted by Crippen LogP contribution is -2.29. The van der Waals surface area contributed by atoms with Crippen molar-refractivity contribution in [3.63, 3.8) is 0 Å². The minimum absolute atomic E-state index is 0.0614. The number of hydrogen-bond donors (Lipinski definition) is 2. The number of alkyl halides is 3. The monoisotopic (exact) mass is 329 g/mol. The summed E-state index contributed by atoms with van der Waals surface area (Å²) in [5, 5.41) is 4.55. The van der Waals surface area contributed by atoms with E-state index < -0.39 is 17.8 Å². The molecule has 4 nitrogen and oxygen atoms in total. The van der Waals surface area contributed by atoms with Gasteiger partial charge in [-0.3, -0.25) is 4.98 Å². The van der Waals surface area contributed by atoms with Crippen LogP contribution in [-0.4, -0.2) is 11.0 Å². The average Bonchev–Trinajstić information content (AvgIpc) is 2.47. The van der Waals surface area contributed by atoms with E-state index in [9.17, 15) is 18.0 Å². The number of nitrogens with zero attached hydrogens (tertiary/aromatic N) is 1. The Morgan fingerprint density at radius 1 is 1.27 bits per heavy atom. The number of rotatable bonds is 3. The molecule has 2 amide bonds. The molecule has 2 aromatic rings. The van der Waals surface area contributed by atoms with Gasteiger partial charge in [-0.05, 0) is 29.8 Å².